The Bertz CT molecular complexity index is 1080. The Morgan fingerprint density at radius 2 is 2.03 bits per heavy atom. The SMILES string of the molecule is COS(=O)(=O)Cc1nc2c(OCc3ccccc3)ncnc2n1C1CCCCO1. The predicted octanol–water partition coefficient (Wildman–Crippen LogP) is 2.58. The monoisotopic (exact) mass is 418 g/mol. The van der Waals surface area contributed by atoms with Crippen LogP contribution in [0.1, 0.15) is 36.9 Å². The van der Waals surface area contributed by atoms with Crippen LogP contribution in [0.15, 0.2) is 36.7 Å². The first-order valence-electron chi connectivity index (χ1n) is 9.36. The molecule has 4 rings (SSSR count). The van der Waals surface area contributed by atoms with Gasteiger partial charge in [0.25, 0.3) is 10.1 Å². The average molecular weight is 418 g/mol. The van der Waals surface area contributed by atoms with Crippen LogP contribution in [-0.4, -0.2) is 41.7 Å². The first kappa shape index (κ1) is 19.7. The maximum atomic E-state index is 12.1. The maximum absolute atomic E-state index is 12.1. The normalized spacial score (nSPS) is 17.5. The third-order valence-electron chi connectivity index (χ3n) is 4.74. The number of aromatic nitrogens is 4. The Labute approximate surface area is 168 Å². The van der Waals surface area contributed by atoms with E-state index < -0.39 is 15.9 Å². The number of rotatable bonds is 7. The lowest BCUT2D eigenvalue weighted by molar-refractivity contribution is -0.0310. The first-order chi connectivity index (χ1) is 14.1. The van der Waals surface area contributed by atoms with Gasteiger partial charge in [0.15, 0.2) is 11.2 Å². The molecule has 1 unspecified atom stereocenters. The van der Waals surface area contributed by atoms with Gasteiger partial charge in [0.1, 0.15) is 30.7 Å². The largest absolute Gasteiger partial charge is 0.471 e. The van der Waals surface area contributed by atoms with Crippen molar-refractivity contribution >= 4 is 21.3 Å². The third kappa shape index (κ3) is 4.39. The van der Waals surface area contributed by atoms with E-state index in [1.54, 1.807) is 4.57 Å². The highest BCUT2D eigenvalue weighted by atomic mass is 32.2. The molecular formula is C19H22N4O5S. The van der Waals surface area contributed by atoms with Crippen LogP contribution in [0.25, 0.3) is 11.2 Å². The fourth-order valence-corrected chi connectivity index (χ4v) is 3.95. The second-order valence-electron chi connectivity index (χ2n) is 6.71. The van der Waals surface area contributed by atoms with Crippen LogP contribution in [0.4, 0.5) is 0 Å². The number of nitrogens with zero attached hydrogens (tertiary/aromatic N) is 4. The minimum absolute atomic E-state index is 0.291. The third-order valence-corrected chi connectivity index (χ3v) is 5.86. The van der Waals surface area contributed by atoms with E-state index in [1.807, 2.05) is 30.3 Å². The van der Waals surface area contributed by atoms with Crippen molar-refractivity contribution in [3.8, 4) is 5.88 Å². The van der Waals surface area contributed by atoms with Gasteiger partial charge in [-0.1, -0.05) is 30.3 Å². The Morgan fingerprint density at radius 1 is 1.21 bits per heavy atom. The van der Waals surface area contributed by atoms with Gasteiger partial charge in [-0.05, 0) is 24.8 Å². The van der Waals surface area contributed by atoms with E-state index >= 15 is 0 Å². The number of benzene rings is 1. The van der Waals surface area contributed by atoms with Crippen LogP contribution >= 0.6 is 0 Å². The summed E-state index contributed by atoms with van der Waals surface area (Å²) in [4.78, 5) is 13.1. The molecule has 9 nitrogen and oxygen atoms in total. The number of imidazole rings is 1. The summed E-state index contributed by atoms with van der Waals surface area (Å²) in [5.41, 5.74) is 1.87. The highest BCUT2D eigenvalue weighted by Gasteiger charge is 2.27. The summed E-state index contributed by atoms with van der Waals surface area (Å²) in [6, 6.07) is 9.68. The van der Waals surface area contributed by atoms with E-state index in [9.17, 15) is 8.42 Å². The van der Waals surface area contributed by atoms with Gasteiger partial charge in [-0.3, -0.25) is 8.75 Å². The van der Waals surface area contributed by atoms with E-state index in [0.29, 0.717) is 36.1 Å². The van der Waals surface area contributed by atoms with Crippen LogP contribution in [0.2, 0.25) is 0 Å². The number of hydrogen-bond acceptors (Lipinski definition) is 8. The summed E-state index contributed by atoms with van der Waals surface area (Å²) in [5.74, 6) is 0.195. The molecule has 1 aliphatic heterocycles. The molecule has 3 aromatic rings. The van der Waals surface area contributed by atoms with Crippen molar-refractivity contribution < 1.29 is 22.1 Å². The molecule has 1 saturated heterocycles. The lowest BCUT2D eigenvalue weighted by Gasteiger charge is -2.25. The maximum Gasteiger partial charge on any atom is 0.274 e. The summed E-state index contributed by atoms with van der Waals surface area (Å²) in [5, 5.41) is 0. The van der Waals surface area contributed by atoms with Crippen LogP contribution in [-0.2, 0) is 31.4 Å². The average Bonchev–Trinajstić information content (AvgIpc) is 3.11. The summed E-state index contributed by atoms with van der Waals surface area (Å²) in [7, 11) is -2.64. The number of ether oxygens (including phenoxy) is 2. The summed E-state index contributed by atoms with van der Waals surface area (Å²) < 4.78 is 42.3. The smallest absolute Gasteiger partial charge is 0.274 e. The van der Waals surface area contributed by atoms with Crippen molar-refractivity contribution in [2.45, 2.75) is 37.9 Å². The Balaban J connectivity index is 1.74. The molecule has 1 atom stereocenters. The molecule has 0 saturated carbocycles. The Hall–Kier alpha value is -2.56. The van der Waals surface area contributed by atoms with Gasteiger partial charge < -0.3 is 9.47 Å². The fourth-order valence-electron chi connectivity index (χ4n) is 3.31. The first-order valence-corrected chi connectivity index (χ1v) is 10.9. The van der Waals surface area contributed by atoms with Gasteiger partial charge in [-0.2, -0.15) is 13.4 Å². The fraction of sp³-hybridized carbons (Fsp3) is 0.421. The predicted molar refractivity (Wildman–Crippen MR) is 105 cm³/mol. The zero-order valence-electron chi connectivity index (χ0n) is 16.0. The van der Waals surface area contributed by atoms with Crippen molar-refractivity contribution in [3.05, 3.63) is 48.0 Å². The van der Waals surface area contributed by atoms with Crippen molar-refractivity contribution in [3.63, 3.8) is 0 Å². The van der Waals surface area contributed by atoms with E-state index in [-0.39, 0.29) is 6.23 Å². The van der Waals surface area contributed by atoms with Crippen molar-refractivity contribution in [2.24, 2.45) is 0 Å². The minimum Gasteiger partial charge on any atom is -0.471 e. The lowest BCUT2D eigenvalue weighted by atomic mass is 10.2. The molecule has 0 bridgehead atoms. The summed E-state index contributed by atoms with van der Waals surface area (Å²) >= 11 is 0. The molecule has 1 aliphatic rings. The van der Waals surface area contributed by atoms with E-state index in [2.05, 4.69) is 19.1 Å². The van der Waals surface area contributed by atoms with Gasteiger partial charge >= 0.3 is 0 Å². The van der Waals surface area contributed by atoms with E-state index in [1.165, 1.54) is 6.33 Å². The lowest BCUT2D eigenvalue weighted by Crippen LogP contribution is -2.22. The molecule has 10 heteroatoms. The van der Waals surface area contributed by atoms with Gasteiger partial charge in [0.2, 0.25) is 5.88 Å². The molecule has 2 aromatic heterocycles. The zero-order valence-corrected chi connectivity index (χ0v) is 16.8. The van der Waals surface area contributed by atoms with Crippen molar-refractivity contribution in [2.75, 3.05) is 13.7 Å². The van der Waals surface area contributed by atoms with Crippen molar-refractivity contribution in [1.82, 2.24) is 19.5 Å². The Morgan fingerprint density at radius 3 is 2.76 bits per heavy atom. The van der Waals surface area contributed by atoms with Gasteiger partial charge in [-0.25, -0.2) is 9.97 Å². The molecule has 29 heavy (non-hydrogen) atoms. The Kier molecular flexibility index (Phi) is 5.74. The molecule has 0 N–H and O–H groups in total. The van der Waals surface area contributed by atoms with Gasteiger partial charge in [0, 0.05) is 6.61 Å². The second-order valence-corrected chi connectivity index (χ2v) is 8.45. The van der Waals surface area contributed by atoms with Crippen LogP contribution in [0.5, 0.6) is 5.88 Å². The summed E-state index contributed by atoms with van der Waals surface area (Å²) in [6.07, 6.45) is 3.74. The molecule has 1 fully saturated rings. The number of hydrogen-bond donors (Lipinski definition) is 0. The van der Waals surface area contributed by atoms with Gasteiger partial charge in [0.05, 0.1) is 7.11 Å². The molecular weight excluding hydrogens is 396 g/mol. The zero-order chi connectivity index (χ0) is 20.3. The van der Waals surface area contributed by atoms with Gasteiger partial charge in [-0.15, -0.1) is 0 Å². The molecule has 0 amide bonds. The van der Waals surface area contributed by atoms with Crippen LogP contribution < -0.4 is 4.74 Å². The standard InChI is InChI=1S/C19H22N4O5S/c1-26-29(24,25)12-15-22-17-18(23(15)16-9-5-6-10-27-16)20-13-21-19(17)28-11-14-7-3-2-4-8-14/h2-4,7-8,13,16H,5-6,9-12H2,1H3. The van der Waals surface area contributed by atoms with Crippen molar-refractivity contribution in [1.29, 1.82) is 0 Å². The minimum atomic E-state index is -3.78. The van der Waals surface area contributed by atoms with Crippen LogP contribution in [0.3, 0.4) is 0 Å². The van der Waals surface area contributed by atoms with Crippen LogP contribution in [0, 0.1) is 0 Å². The molecule has 154 valence electrons. The number of fused-ring (bicyclic) bond motifs is 1. The molecule has 1 aromatic carbocycles. The molecule has 0 aliphatic carbocycles. The van der Waals surface area contributed by atoms with E-state index in [4.69, 9.17) is 9.47 Å². The highest BCUT2D eigenvalue weighted by molar-refractivity contribution is 7.85. The topological polar surface area (TPSA) is 105 Å². The molecule has 0 radical (unpaired) electrons. The second kappa shape index (κ2) is 8.44. The quantitative estimate of drug-likeness (QED) is 0.539. The summed E-state index contributed by atoms with van der Waals surface area (Å²) in [6.45, 7) is 0.911. The van der Waals surface area contributed by atoms with E-state index in [0.717, 1.165) is 31.9 Å². The molecule has 0 spiro atoms. The highest BCUT2D eigenvalue weighted by Crippen LogP contribution is 2.31. The molecule has 3 heterocycles.